The smallest absolute Gasteiger partial charge is 0.404 e. The number of halogens is 4. The molecule has 0 unspecified atom stereocenters. The first-order chi connectivity index (χ1) is 6.83. The maximum absolute atomic E-state index is 12.0. The van der Waals surface area contributed by atoms with E-state index in [0.29, 0.717) is 0 Å². The molecular formula is C7H7F3IN3O. The van der Waals surface area contributed by atoms with Crippen LogP contribution in [0.5, 0.6) is 5.75 Å². The zero-order valence-corrected chi connectivity index (χ0v) is 9.46. The molecule has 0 amide bonds. The van der Waals surface area contributed by atoms with Gasteiger partial charge < -0.3 is 16.2 Å². The normalized spacial score (nSPS) is 11.5. The van der Waals surface area contributed by atoms with Gasteiger partial charge in [-0.05, 0) is 22.6 Å². The average Bonchev–Trinajstić information content (AvgIpc) is 2.10. The monoisotopic (exact) mass is 333 g/mol. The Balaban J connectivity index is 3.11. The first-order valence-corrected chi connectivity index (χ1v) is 4.82. The quantitative estimate of drug-likeness (QED) is 0.807. The maximum atomic E-state index is 12.0. The molecule has 1 heterocycles. The highest BCUT2D eigenvalue weighted by Gasteiger charge is 2.32. The molecular weight excluding hydrogens is 326 g/mol. The van der Waals surface area contributed by atoms with Crippen molar-refractivity contribution in [3.05, 3.63) is 15.3 Å². The predicted octanol–water partition coefficient (Wildman–Crippen LogP) is 1.63. The van der Waals surface area contributed by atoms with Crippen LogP contribution in [0.2, 0.25) is 0 Å². The van der Waals surface area contributed by atoms with Crippen LogP contribution in [0.25, 0.3) is 0 Å². The number of nitrogens with zero attached hydrogens (tertiary/aromatic N) is 1. The Hall–Kier alpha value is -0.770. The summed E-state index contributed by atoms with van der Waals surface area (Å²) in [6, 6.07) is 1.12. The molecule has 0 radical (unpaired) electrons. The van der Waals surface area contributed by atoms with Crippen LogP contribution in [0.1, 0.15) is 5.69 Å². The molecule has 0 bridgehead atoms. The molecule has 1 rings (SSSR count). The minimum Gasteiger partial charge on any atom is -0.404 e. The summed E-state index contributed by atoms with van der Waals surface area (Å²) in [6.45, 7) is -0.00463. The van der Waals surface area contributed by atoms with Crippen molar-refractivity contribution in [3.8, 4) is 5.75 Å². The number of anilines is 1. The number of alkyl halides is 3. The van der Waals surface area contributed by atoms with Crippen molar-refractivity contribution in [2.45, 2.75) is 12.9 Å². The first-order valence-electron chi connectivity index (χ1n) is 3.74. The molecule has 8 heteroatoms. The van der Waals surface area contributed by atoms with Crippen LogP contribution in [0.3, 0.4) is 0 Å². The molecule has 0 saturated carbocycles. The first kappa shape index (κ1) is 12.3. The lowest BCUT2D eigenvalue weighted by Gasteiger charge is -2.12. The summed E-state index contributed by atoms with van der Waals surface area (Å²) in [5, 5.41) is 0. The van der Waals surface area contributed by atoms with E-state index in [1.165, 1.54) is 0 Å². The minimum atomic E-state index is -4.75. The topological polar surface area (TPSA) is 74.2 Å². The molecule has 0 aliphatic heterocycles. The van der Waals surface area contributed by atoms with Gasteiger partial charge in [-0.3, -0.25) is 0 Å². The van der Waals surface area contributed by atoms with Gasteiger partial charge in [-0.15, -0.1) is 13.2 Å². The number of pyridine rings is 1. The largest absolute Gasteiger partial charge is 0.573 e. The van der Waals surface area contributed by atoms with Gasteiger partial charge in [-0.25, -0.2) is 4.98 Å². The number of ether oxygens (including phenoxy) is 1. The van der Waals surface area contributed by atoms with Crippen molar-refractivity contribution in [1.82, 2.24) is 4.98 Å². The highest BCUT2D eigenvalue weighted by molar-refractivity contribution is 14.1. The summed E-state index contributed by atoms with van der Waals surface area (Å²) in [6.07, 6.45) is -4.75. The van der Waals surface area contributed by atoms with Crippen LogP contribution in [-0.4, -0.2) is 11.3 Å². The molecule has 0 saturated heterocycles. The summed E-state index contributed by atoms with van der Waals surface area (Å²) in [7, 11) is 0. The fourth-order valence-corrected chi connectivity index (χ4v) is 1.27. The highest BCUT2D eigenvalue weighted by Crippen LogP contribution is 2.30. The number of aromatic nitrogens is 1. The Morgan fingerprint density at radius 1 is 1.47 bits per heavy atom. The van der Waals surface area contributed by atoms with Crippen molar-refractivity contribution >= 4 is 28.4 Å². The van der Waals surface area contributed by atoms with Gasteiger partial charge in [0, 0.05) is 12.6 Å². The van der Waals surface area contributed by atoms with Crippen LogP contribution in [0.15, 0.2) is 6.07 Å². The SMILES string of the molecule is NCc1cc(OC(F)(F)F)c(I)c(N)n1. The van der Waals surface area contributed by atoms with Crippen LogP contribution in [-0.2, 0) is 6.54 Å². The van der Waals surface area contributed by atoms with Gasteiger partial charge in [0.25, 0.3) is 0 Å². The van der Waals surface area contributed by atoms with E-state index in [-0.39, 0.29) is 27.4 Å². The van der Waals surface area contributed by atoms with Crippen molar-refractivity contribution in [2.75, 3.05) is 5.73 Å². The lowest BCUT2D eigenvalue weighted by Crippen LogP contribution is -2.19. The van der Waals surface area contributed by atoms with Gasteiger partial charge in [0.1, 0.15) is 11.6 Å². The second kappa shape index (κ2) is 4.39. The van der Waals surface area contributed by atoms with E-state index in [0.717, 1.165) is 6.07 Å². The zero-order chi connectivity index (χ0) is 11.6. The van der Waals surface area contributed by atoms with Gasteiger partial charge in [0.2, 0.25) is 0 Å². The molecule has 84 valence electrons. The summed E-state index contributed by atoms with van der Waals surface area (Å²) in [5.41, 5.74) is 10.9. The van der Waals surface area contributed by atoms with Crippen molar-refractivity contribution in [3.63, 3.8) is 0 Å². The Morgan fingerprint density at radius 3 is 2.53 bits per heavy atom. The molecule has 4 N–H and O–H groups in total. The Labute approximate surface area is 96.9 Å². The molecule has 0 aliphatic rings. The van der Waals surface area contributed by atoms with Gasteiger partial charge in [-0.2, -0.15) is 0 Å². The molecule has 4 nitrogen and oxygen atoms in total. The molecule has 0 fully saturated rings. The standard InChI is InChI=1S/C7H7F3IN3O/c8-7(9,10)15-4-1-3(2-12)14-6(13)5(4)11/h1H,2,12H2,(H2,13,14). The van der Waals surface area contributed by atoms with Crippen molar-refractivity contribution < 1.29 is 17.9 Å². The molecule has 1 aromatic heterocycles. The highest BCUT2D eigenvalue weighted by atomic mass is 127. The lowest BCUT2D eigenvalue weighted by atomic mass is 10.3. The Bertz CT molecular complexity index is 369. The summed E-state index contributed by atoms with van der Waals surface area (Å²) in [5.74, 6) is -0.408. The zero-order valence-electron chi connectivity index (χ0n) is 7.31. The van der Waals surface area contributed by atoms with E-state index in [4.69, 9.17) is 11.5 Å². The number of hydrogen-bond donors (Lipinski definition) is 2. The third kappa shape index (κ3) is 3.38. The molecule has 0 aromatic carbocycles. The van der Waals surface area contributed by atoms with Gasteiger partial charge in [-0.1, -0.05) is 0 Å². The predicted molar refractivity (Wildman–Crippen MR) is 55.9 cm³/mol. The third-order valence-electron chi connectivity index (χ3n) is 1.44. The third-order valence-corrected chi connectivity index (χ3v) is 2.52. The summed E-state index contributed by atoms with van der Waals surface area (Å²) >= 11 is 1.62. The Kier molecular flexibility index (Phi) is 3.60. The van der Waals surface area contributed by atoms with Crippen LogP contribution >= 0.6 is 22.6 Å². The molecule has 15 heavy (non-hydrogen) atoms. The molecule has 1 aromatic rings. The van der Waals surface area contributed by atoms with E-state index in [2.05, 4.69) is 9.72 Å². The van der Waals surface area contributed by atoms with Crippen LogP contribution in [0.4, 0.5) is 19.0 Å². The second-order valence-electron chi connectivity index (χ2n) is 2.56. The fraction of sp³-hybridized carbons (Fsp3) is 0.286. The number of hydrogen-bond acceptors (Lipinski definition) is 4. The summed E-state index contributed by atoms with van der Waals surface area (Å²) < 4.78 is 39.8. The number of rotatable bonds is 2. The Morgan fingerprint density at radius 2 is 2.07 bits per heavy atom. The van der Waals surface area contributed by atoms with Gasteiger partial charge in [0.15, 0.2) is 0 Å². The summed E-state index contributed by atoms with van der Waals surface area (Å²) in [4.78, 5) is 3.78. The van der Waals surface area contributed by atoms with E-state index in [1.807, 2.05) is 0 Å². The molecule has 0 aliphatic carbocycles. The molecule has 0 spiro atoms. The number of nitrogens with two attached hydrogens (primary N) is 2. The average molecular weight is 333 g/mol. The maximum Gasteiger partial charge on any atom is 0.573 e. The van der Waals surface area contributed by atoms with Crippen LogP contribution in [0, 0.1) is 3.57 Å². The minimum absolute atomic E-state index is 0.00463. The lowest BCUT2D eigenvalue weighted by molar-refractivity contribution is -0.274. The van der Waals surface area contributed by atoms with Crippen LogP contribution < -0.4 is 16.2 Å². The molecule has 0 atom stereocenters. The van der Waals surface area contributed by atoms with Gasteiger partial charge >= 0.3 is 6.36 Å². The van der Waals surface area contributed by atoms with Crippen molar-refractivity contribution in [1.29, 1.82) is 0 Å². The van der Waals surface area contributed by atoms with E-state index < -0.39 is 6.36 Å². The van der Waals surface area contributed by atoms with E-state index >= 15 is 0 Å². The number of nitrogen functional groups attached to an aromatic ring is 1. The van der Waals surface area contributed by atoms with E-state index in [9.17, 15) is 13.2 Å². The fourth-order valence-electron chi connectivity index (χ4n) is 0.880. The van der Waals surface area contributed by atoms with E-state index in [1.54, 1.807) is 22.6 Å². The second-order valence-corrected chi connectivity index (χ2v) is 3.64. The van der Waals surface area contributed by atoms with Gasteiger partial charge in [0.05, 0.1) is 9.26 Å². The van der Waals surface area contributed by atoms with Crippen molar-refractivity contribution in [2.24, 2.45) is 5.73 Å².